The molecule has 0 fully saturated rings. The van der Waals surface area contributed by atoms with Gasteiger partial charge < -0.3 is 14.6 Å². The van der Waals surface area contributed by atoms with Crippen LogP contribution in [0.1, 0.15) is 6.92 Å². The molecule has 18 heavy (non-hydrogen) atoms. The summed E-state index contributed by atoms with van der Waals surface area (Å²) in [6, 6.07) is -0.123. The highest BCUT2D eigenvalue weighted by atomic mass is 35.7. The minimum absolute atomic E-state index is 0.0343. The summed E-state index contributed by atoms with van der Waals surface area (Å²) in [5.41, 5.74) is 0. The molecule has 1 unspecified atom stereocenters. The molecule has 0 aliphatic carbocycles. The molecule has 7 nitrogen and oxygen atoms in total. The van der Waals surface area contributed by atoms with Gasteiger partial charge in [-0.1, -0.05) is 0 Å². The number of hydrogen-bond donors (Lipinski definition) is 1. The third kappa shape index (κ3) is 4.63. The lowest BCUT2D eigenvalue weighted by molar-refractivity contribution is -0.122. The highest BCUT2D eigenvalue weighted by Crippen LogP contribution is 2.10. The fourth-order valence-corrected chi connectivity index (χ4v) is 2.00. The van der Waals surface area contributed by atoms with E-state index in [1.165, 1.54) is 24.2 Å². The fourth-order valence-electron chi connectivity index (χ4n) is 1.33. The Hall–Kier alpha value is -1.12. The predicted octanol–water partition coefficient (Wildman–Crippen LogP) is -0.0383. The summed E-state index contributed by atoms with van der Waals surface area (Å²) < 4.78 is 28.1. The maximum atomic E-state index is 11.6. The van der Waals surface area contributed by atoms with Crippen LogP contribution in [-0.4, -0.2) is 43.6 Å². The molecule has 1 amide bonds. The number of amides is 1. The molecule has 1 aromatic rings. The number of aromatic nitrogens is 2. The molecule has 0 bridgehead atoms. The summed E-state index contributed by atoms with van der Waals surface area (Å²) >= 11 is 0. The summed E-state index contributed by atoms with van der Waals surface area (Å²) in [6.07, 6.45) is 2.43. The van der Waals surface area contributed by atoms with Crippen molar-refractivity contribution in [1.82, 2.24) is 14.9 Å². The van der Waals surface area contributed by atoms with Crippen molar-refractivity contribution >= 4 is 25.6 Å². The highest BCUT2D eigenvalue weighted by Gasteiger charge is 2.15. The molecule has 0 radical (unpaired) electrons. The van der Waals surface area contributed by atoms with E-state index in [4.69, 9.17) is 15.4 Å². The first-order valence-electron chi connectivity index (χ1n) is 5.07. The molecule has 0 aromatic carbocycles. The number of carbonyl (C=O) groups excluding carboxylic acids is 1. The van der Waals surface area contributed by atoms with E-state index in [0.29, 0.717) is 6.61 Å². The normalized spacial score (nSPS) is 13.3. The van der Waals surface area contributed by atoms with Crippen LogP contribution in [0.5, 0.6) is 0 Å². The van der Waals surface area contributed by atoms with Crippen LogP contribution in [0.25, 0.3) is 0 Å². The molecule has 0 saturated carbocycles. The van der Waals surface area contributed by atoms with Crippen LogP contribution in [0.15, 0.2) is 17.6 Å². The standard InChI is InChI=1S/C9H14ClN3O4S/c1-7(5-17-2)12-8(14)3-13-4-9(11-6-13)18(10,15)16/h4,6-7H,3,5H2,1-2H3,(H,12,14). The average Bonchev–Trinajstić information content (AvgIpc) is 2.65. The van der Waals surface area contributed by atoms with Crippen LogP contribution < -0.4 is 5.32 Å². The maximum Gasteiger partial charge on any atom is 0.280 e. The Balaban J connectivity index is 2.58. The SMILES string of the molecule is COCC(C)NC(=O)Cn1cnc(S(=O)(=O)Cl)c1. The van der Waals surface area contributed by atoms with E-state index < -0.39 is 9.05 Å². The minimum atomic E-state index is -3.86. The number of rotatable bonds is 6. The number of imidazole rings is 1. The Bertz CT molecular complexity index is 514. The van der Waals surface area contributed by atoms with Crippen molar-refractivity contribution in [3.8, 4) is 0 Å². The summed E-state index contributed by atoms with van der Waals surface area (Å²) in [5.74, 6) is -0.268. The zero-order chi connectivity index (χ0) is 13.8. The first kappa shape index (κ1) is 14.9. The van der Waals surface area contributed by atoms with E-state index >= 15 is 0 Å². The summed E-state index contributed by atoms with van der Waals surface area (Å²) in [7, 11) is 2.79. The molecule has 102 valence electrons. The van der Waals surface area contributed by atoms with Crippen molar-refractivity contribution in [3.63, 3.8) is 0 Å². The van der Waals surface area contributed by atoms with Gasteiger partial charge >= 0.3 is 0 Å². The van der Waals surface area contributed by atoms with Crippen LogP contribution in [0.4, 0.5) is 0 Å². The molecule has 0 spiro atoms. The third-order valence-corrected chi connectivity index (χ3v) is 3.19. The van der Waals surface area contributed by atoms with E-state index in [1.807, 2.05) is 0 Å². The van der Waals surface area contributed by atoms with Gasteiger partial charge in [0.1, 0.15) is 6.54 Å². The van der Waals surface area contributed by atoms with Crippen LogP contribution >= 0.6 is 10.7 Å². The van der Waals surface area contributed by atoms with Gasteiger partial charge in [0.05, 0.1) is 12.9 Å². The van der Waals surface area contributed by atoms with Crippen molar-refractivity contribution in [2.45, 2.75) is 24.5 Å². The largest absolute Gasteiger partial charge is 0.383 e. The van der Waals surface area contributed by atoms with Crippen molar-refractivity contribution in [3.05, 3.63) is 12.5 Å². The van der Waals surface area contributed by atoms with Crippen molar-refractivity contribution in [2.75, 3.05) is 13.7 Å². The van der Waals surface area contributed by atoms with Gasteiger partial charge in [0.25, 0.3) is 9.05 Å². The predicted molar refractivity (Wildman–Crippen MR) is 64.7 cm³/mol. The number of halogens is 1. The van der Waals surface area contributed by atoms with E-state index in [0.717, 1.165) is 0 Å². The van der Waals surface area contributed by atoms with E-state index in [1.54, 1.807) is 6.92 Å². The van der Waals surface area contributed by atoms with Crippen molar-refractivity contribution in [2.24, 2.45) is 0 Å². The van der Waals surface area contributed by atoms with Gasteiger partial charge in [0.15, 0.2) is 5.03 Å². The lowest BCUT2D eigenvalue weighted by Crippen LogP contribution is -2.37. The Morgan fingerprint density at radius 3 is 2.83 bits per heavy atom. The monoisotopic (exact) mass is 295 g/mol. The van der Waals surface area contributed by atoms with Crippen molar-refractivity contribution in [1.29, 1.82) is 0 Å². The number of carbonyl (C=O) groups is 1. The second-order valence-electron chi connectivity index (χ2n) is 3.75. The average molecular weight is 296 g/mol. The Labute approximate surface area is 110 Å². The van der Waals surface area contributed by atoms with E-state index in [2.05, 4.69) is 10.3 Å². The topological polar surface area (TPSA) is 90.3 Å². The number of nitrogens with zero attached hydrogens (tertiary/aromatic N) is 2. The lowest BCUT2D eigenvalue weighted by atomic mass is 10.3. The fraction of sp³-hybridized carbons (Fsp3) is 0.556. The molecule has 0 aliphatic rings. The smallest absolute Gasteiger partial charge is 0.280 e. The third-order valence-electron chi connectivity index (χ3n) is 2.01. The molecule has 0 saturated heterocycles. The van der Waals surface area contributed by atoms with Crippen LogP contribution in [0.2, 0.25) is 0 Å². The number of ether oxygens (including phenoxy) is 1. The van der Waals surface area contributed by atoms with Crippen LogP contribution in [-0.2, 0) is 25.1 Å². The summed E-state index contributed by atoms with van der Waals surface area (Å²) in [5, 5.41) is 2.41. The number of nitrogens with one attached hydrogen (secondary N) is 1. The van der Waals surface area contributed by atoms with Crippen molar-refractivity contribution < 1.29 is 17.9 Å². The quantitative estimate of drug-likeness (QED) is 0.744. The number of methoxy groups -OCH3 is 1. The first-order chi connectivity index (χ1) is 8.32. The molecule has 1 heterocycles. The summed E-state index contributed by atoms with van der Waals surface area (Å²) in [6.45, 7) is 2.16. The van der Waals surface area contributed by atoms with Gasteiger partial charge in [0, 0.05) is 30.0 Å². The molecule has 1 N–H and O–H groups in total. The lowest BCUT2D eigenvalue weighted by Gasteiger charge is -2.12. The minimum Gasteiger partial charge on any atom is -0.383 e. The van der Waals surface area contributed by atoms with Gasteiger partial charge in [-0.25, -0.2) is 13.4 Å². The maximum absolute atomic E-state index is 11.6. The molecular weight excluding hydrogens is 282 g/mol. The molecular formula is C9H14ClN3O4S. The number of hydrogen-bond acceptors (Lipinski definition) is 5. The molecule has 9 heteroatoms. The van der Waals surface area contributed by atoms with Gasteiger partial charge in [-0.3, -0.25) is 4.79 Å². The Kier molecular flexibility index (Phi) is 5.12. The Morgan fingerprint density at radius 1 is 1.67 bits per heavy atom. The zero-order valence-electron chi connectivity index (χ0n) is 9.96. The van der Waals surface area contributed by atoms with E-state index in [-0.39, 0.29) is 23.5 Å². The molecule has 1 rings (SSSR count). The highest BCUT2D eigenvalue weighted by molar-refractivity contribution is 8.13. The first-order valence-corrected chi connectivity index (χ1v) is 7.38. The second kappa shape index (κ2) is 6.17. The van der Waals surface area contributed by atoms with Gasteiger partial charge in [-0.2, -0.15) is 0 Å². The zero-order valence-corrected chi connectivity index (χ0v) is 11.5. The van der Waals surface area contributed by atoms with Crippen LogP contribution in [0.3, 0.4) is 0 Å². The van der Waals surface area contributed by atoms with Crippen LogP contribution in [0, 0.1) is 0 Å². The van der Waals surface area contributed by atoms with Gasteiger partial charge in [-0.05, 0) is 6.92 Å². The Morgan fingerprint density at radius 2 is 2.33 bits per heavy atom. The molecule has 1 atom stereocenters. The van der Waals surface area contributed by atoms with Gasteiger partial charge in [0.2, 0.25) is 5.91 Å². The van der Waals surface area contributed by atoms with E-state index in [9.17, 15) is 13.2 Å². The summed E-state index contributed by atoms with van der Waals surface area (Å²) in [4.78, 5) is 15.2. The van der Waals surface area contributed by atoms with Gasteiger partial charge in [-0.15, -0.1) is 0 Å². The molecule has 0 aliphatic heterocycles. The second-order valence-corrected chi connectivity index (χ2v) is 6.26. The molecule has 1 aromatic heterocycles.